The van der Waals surface area contributed by atoms with Crippen molar-refractivity contribution in [3.05, 3.63) is 47.5 Å². The minimum absolute atomic E-state index is 0.0523. The number of hydrogen-bond acceptors (Lipinski definition) is 7. The van der Waals surface area contributed by atoms with E-state index in [4.69, 9.17) is 4.74 Å². The maximum atomic E-state index is 12.7. The molecule has 1 saturated carbocycles. The van der Waals surface area contributed by atoms with Crippen molar-refractivity contribution in [3.63, 3.8) is 0 Å². The highest BCUT2D eigenvalue weighted by molar-refractivity contribution is 5.92. The highest BCUT2D eigenvalue weighted by atomic mass is 16.5. The maximum Gasteiger partial charge on any atom is 0.270 e. The first-order valence-electron chi connectivity index (χ1n) is 11.8. The van der Waals surface area contributed by atoms with Crippen molar-refractivity contribution in [1.29, 1.82) is 0 Å². The van der Waals surface area contributed by atoms with Crippen LogP contribution in [0.2, 0.25) is 0 Å². The molecule has 3 fully saturated rings. The molecule has 2 aromatic heterocycles. The van der Waals surface area contributed by atoms with Gasteiger partial charge in [-0.3, -0.25) is 9.69 Å². The summed E-state index contributed by atoms with van der Waals surface area (Å²) in [7, 11) is 0. The van der Waals surface area contributed by atoms with Gasteiger partial charge in [-0.2, -0.15) is 0 Å². The smallest absolute Gasteiger partial charge is 0.270 e. The predicted octanol–water partition coefficient (Wildman–Crippen LogP) is 2.41. The van der Waals surface area contributed by atoms with Crippen LogP contribution >= 0.6 is 0 Å². The van der Waals surface area contributed by atoms with Crippen LogP contribution in [0, 0.1) is 18.8 Å². The first kappa shape index (κ1) is 21.3. The van der Waals surface area contributed by atoms with Gasteiger partial charge in [0.2, 0.25) is 5.95 Å². The molecule has 2 aromatic rings. The monoisotopic (exact) mass is 436 g/mol. The number of nitrogens with one attached hydrogen (secondary N) is 2. The number of pyridine rings is 1. The first-order valence-corrected chi connectivity index (χ1v) is 11.8. The van der Waals surface area contributed by atoms with E-state index >= 15 is 0 Å². The molecule has 8 nitrogen and oxygen atoms in total. The van der Waals surface area contributed by atoms with E-state index in [1.165, 1.54) is 0 Å². The third-order valence-corrected chi connectivity index (χ3v) is 6.95. The van der Waals surface area contributed by atoms with Crippen molar-refractivity contribution in [2.75, 3.05) is 31.6 Å². The number of aromatic nitrogens is 3. The number of carbonyl (C=O) groups is 1. The number of anilines is 1. The van der Waals surface area contributed by atoms with E-state index in [-0.39, 0.29) is 18.1 Å². The minimum atomic E-state index is -0.0523. The fourth-order valence-electron chi connectivity index (χ4n) is 5.38. The van der Waals surface area contributed by atoms with Gasteiger partial charge in [-0.15, -0.1) is 0 Å². The lowest BCUT2D eigenvalue weighted by molar-refractivity contribution is 0.0820. The van der Waals surface area contributed by atoms with Gasteiger partial charge in [-0.05, 0) is 56.6 Å². The fourth-order valence-corrected chi connectivity index (χ4v) is 5.38. The third kappa shape index (κ3) is 4.91. The van der Waals surface area contributed by atoms with Crippen molar-refractivity contribution in [2.24, 2.45) is 11.8 Å². The zero-order valence-corrected chi connectivity index (χ0v) is 18.7. The lowest BCUT2D eigenvalue weighted by atomic mass is 9.91. The van der Waals surface area contributed by atoms with Gasteiger partial charge < -0.3 is 15.4 Å². The average molecular weight is 437 g/mol. The second kappa shape index (κ2) is 9.50. The highest BCUT2D eigenvalue weighted by Gasteiger charge is 2.42. The molecule has 32 heavy (non-hydrogen) atoms. The second-order valence-electron chi connectivity index (χ2n) is 9.39. The van der Waals surface area contributed by atoms with Crippen molar-refractivity contribution < 1.29 is 9.53 Å². The molecule has 2 saturated heterocycles. The number of piperidine rings is 1. The molecule has 4 heterocycles. The molecule has 2 bridgehead atoms. The Kier molecular flexibility index (Phi) is 6.32. The number of amides is 1. The second-order valence-corrected chi connectivity index (χ2v) is 9.39. The van der Waals surface area contributed by atoms with E-state index in [2.05, 4.69) is 30.5 Å². The van der Waals surface area contributed by atoms with E-state index < -0.39 is 0 Å². The summed E-state index contributed by atoms with van der Waals surface area (Å²) in [5, 5.41) is 6.56. The Balaban J connectivity index is 1.13. The van der Waals surface area contributed by atoms with Gasteiger partial charge in [0.25, 0.3) is 5.91 Å². The van der Waals surface area contributed by atoms with Crippen LogP contribution in [0.5, 0.6) is 0 Å². The molecule has 5 rings (SSSR count). The van der Waals surface area contributed by atoms with Crippen molar-refractivity contribution in [3.8, 4) is 0 Å². The number of hydrogen-bond donors (Lipinski definition) is 2. The zero-order valence-electron chi connectivity index (χ0n) is 18.7. The average Bonchev–Trinajstić information content (AvgIpc) is 3.39. The normalized spacial score (nSPS) is 27.4. The van der Waals surface area contributed by atoms with Crippen LogP contribution in [0.3, 0.4) is 0 Å². The van der Waals surface area contributed by atoms with E-state index in [1.54, 1.807) is 6.07 Å². The lowest BCUT2D eigenvalue weighted by Crippen LogP contribution is -2.52. The van der Waals surface area contributed by atoms with Crippen LogP contribution in [0.25, 0.3) is 0 Å². The standard InChI is InChI=1S/C24H32N6O2/c1-16-4-2-6-21(28-16)23(31)29-22-18-7-8-19(22)15-30(14-18)13-17-10-25-24(26-11-17)27-12-20-5-3-9-32-20/h2,4,6,10-11,18-20,22H,3,5,7-9,12-15H2,1H3,(H,29,31)(H,25,26,27)/t18-,19+,20?,22?. The predicted molar refractivity (Wildman–Crippen MR) is 121 cm³/mol. The van der Waals surface area contributed by atoms with Crippen LogP contribution in [-0.2, 0) is 11.3 Å². The minimum Gasteiger partial charge on any atom is -0.376 e. The summed E-state index contributed by atoms with van der Waals surface area (Å²) in [6, 6.07) is 5.83. The summed E-state index contributed by atoms with van der Waals surface area (Å²) in [6.45, 7) is 6.36. The van der Waals surface area contributed by atoms with Crippen molar-refractivity contribution >= 4 is 11.9 Å². The van der Waals surface area contributed by atoms with Crippen molar-refractivity contribution in [1.82, 2.24) is 25.2 Å². The van der Waals surface area contributed by atoms with Crippen LogP contribution in [0.4, 0.5) is 5.95 Å². The van der Waals surface area contributed by atoms with Gasteiger partial charge >= 0.3 is 0 Å². The molecule has 8 heteroatoms. The molecular formula is C24H32N6O2. The molecular weight excluding hydrogens is 404 g/mol. The molecule has 4 atom stereocenters. The molecule has 3 aliphatic rings. The topological polar surface area (TPSA) is 92.3 Å². The summed E-state index contributed by atoms with van der Waals surface area (Å²) in [5.74, 6) is 1.57. The highest BCUT2D eigenvalue weighted by Crippen LogP contribution is 2.37. The summed E-state index contributed by atoms with van der Waals surface area (Å²) >= 11 is 0. The van der Waals surface area contributed by atoms with Crippen molar-refractivity contribution in [2.45, 2.75) is 51.3 Å². The lowest BCUT2D eigenvalue weighted by Gasteiger charge is -2.38. The Morgan fingerprint density at radius 2 is 1.94 bits per heavy atom. The SMILES string of the molecule is Cc1cccc(C(=O)NC2[C@@H]3CC[C@H]2CN(Cc2cnc(NCC4CCCO4)nc2)C3)n1. The Morgan fingerprint density at radius 3 is 2.62 bits per heavy atom. The molecule has 0 radical (unpaired) electrons. The molecule has 2 N–H and O–H groups in total. The summed E-state index contributed by atoms with van der Waals surface area (Å²) < 4.78 is 5.63. The Morgan fingerprint density at radius 1 is 1.16 bits per heavy atom. The number of aryl methyl sites for hydroxylation is 1. The summed E-state index contributed by atoms with van der Waals surface area (Å²) in [5.41, 5.74) is 2.50. The maximum absolute atomic E-state index is 12.7. The van der Waals surface area contributed by atoms with Crippen LogP contribution < -0.4 is 10.6 Å². The van der Waals surface area contributed by atoms with Gasteiger partial charge in [0.1, 0.15) is 5.69 Å². The zero-order chi connectivity index (χ0) is 21.9. The largest absolute Gasteiger partial charge is 0.376 e. The number of rotatable bonds is 7. The molecule has 2 aliphatic heterocycles. The molecule has 1 aliphatic carbocycles. The van der Waals surface area contributed by atoms with Gasteiger partial charge in [0.15, 0.2) is 0 Å². The van der Waals surface area contributed by atoms with E-state index in [1.807, 2.05) is 31.5 Å². The molecule has 2 unspecified atom stereocenters. The summed E-state index contributed by atoms with van der Waals surface area (Å²) in [4.78, 5) is 28.5. The van der Waals surface area contributed by atoms with E-state index in [0.29, 0.717) is 23.5 Å². The molecule has 170 valence electrons. The summed E-state index contributed by atoms with van der Waals surface area (Å²) in [6.07, 6.45) is 8.68. The van der Waals surface area contributed by atoms with E-state index in [0.717, 1.165) is 69.7 Å². The van der Waals surface area contributed by atoms with Gasteiger partial charge in [-0.25, -0.2) is 15.0 Å². The fraction of sp³-hybridized carbons (Fsp3) is 0.583. The number of nitrogens with zero attached hydrogens (tertiary/aromatic N) is 4. The number of likely N-dealkylation sites (tertiary alicyclic amines) is 1. The van der Waals surface area contributed by atoms with Crippen LogP contribution in [-0.4, -0.2) is 64.1 Å². The van der Waals surface area contributed by atoms with E-state index in [9.17, 15) is 4.79 Å². The number of carbonyl (C=O) groups excluding carboxylic acids is 1. The first-order chi connectivity index (χ1) is 15.6. The third-order valence-electron chi connectivity index (χ3n) is 6.95. The van der Waals surface area contributed by atoms with Gasteiger partial charge in [0, 0.05) is 62.5 Å². The van der Waals surface area contributed by atoms with Crippen LogP contribution in [0.1, 0.15) is 47.4 Å². The Labute approximate surface area is 189 Å². The number of fused-ring (bicyclic) bond motifs is 2. The molecule has 0 spiro atoms. The molecule has 1 amide bonds. The Bertz CT molecular complexity index is 916. The number of ether oxygens (including phenoxy) is 1. The van der Waals surface area contributed by atoms with Crippen LogP contribution in [0.15, 0.2) is 30.6 Å². The van der Waals surface area contributed by atoms with Gasteiger partial charge in [0.05, 0.1) is 6.10 Å². The Hall–Kier alpha value is -2.58. The quantitative estimate of drug-likeness (QED) is 0.689. The molecule has 0 aromatic carbocycles. The van der Waals surface area contributed by atoms with Gasteiger partial charge in [-0.1, -0.05) is 6.07 Å².